The van der Waals surface area contributed by atoms with Gasteiger partial charge in [-0.15, -0.1) is 0 Å². The van der Waals surface area contributed by atoms with Crippen molar-refractivity contribution in [3.8, 4) is 28.1 Å². The molecule has 0 N–H and O–H groups in total. The van der Waals surface area contributed by atoms with E-state index in [2.05, 4.69) is 0 Å². The topological polar surface area (TPSA) is 86.0 Å². The average molecular weight is 499 g/mol. The summed E-state index contributed by atoms with van der Waals surface area (Å²) in [6.07, 6.45) is 1.17. The molecule has 1 aliphatic rings. The maximum atomic E-state index is 13.7. The van der Waals surface area contributed by atoms with E-state index in [0.717, 1.165) is 33.8 Å². The van der Waals surface area contributed by atoms with E-state index >= 15 is 0 Å². The predicted octanol–water partition coefficient (Wildman–Crippen LogP) is 4.80. The number of esters is 1. The number of methoxy groups -OCH3 is 1. The van der Waals surface area contributed by atoms with Gasteiger partial charge in [-0.1, -0.05) is 30.3 Å². The van der Waals surface area contributed by atoms with Crippen LogP contribution in [0, 0.1) is 12.8 Å². The first-order chi connectivity index (χ1) is 18.0. The van der Waals surface area contributed by atoms with Gasteiger partial charge in [-0.25, -0.2) is 9.50 Å². The van der Waals surface area contributed by atoms with E-state index < -0.39 is 0 Å². The Morgan fingerprint density at radius 2 is 1.70 bits per heavy atom. The van der Waals surface area contributed by atoms with Crippen molar-refractivity contribution in [2.45, 2.75) is 26.7 Å². The van der Waals surface area contributed by atoms with E-state index in [0.29, 0.717) is 43.9 Å². The lowest BCUT2D eigenvalue weighted by molar-refractivity contribution is -0.149. The van der Waals surface area contributed by atoms with Gasteiger partial charge in [0, 0.05) is 24.2 Å². The van der Waals surface area contributed by atoms with Crippen LogP contribution in [-0.4, -0.2) is 58.2 Å². The van der Waals surface area contributed by atoms with Crippen molar-refractivity contribution in [1.29, 1.82) is 0 Å². The summed E-state index contributed by atoms with van der Waals surface area (Å²) in [5, 5.41) is 4.81. The lowest BCUT2D eigenvalue weighted by atomic mass is 9.96. The highest BCUT2D eigenvalue weighted by atomic mass is 16.5. The molecular weight excluding hydrogens is 468 g/mol. The molecule has 190 valence electrons. The van der Waals surface area contributed by atoms with Gasteiger partial charge in [0.15, 0.2) is 5.65 Å². The summed E-state index contributed by atoms with van der Waals surface area (Å²) >= 11 is 0. The Morgan fingerprint density at radius 1 is 1.00 bits per heavy atom. The van der Waals surface area contributed by atoms with Crippen LogP contribution in [0.1, 0.15) is 35.9 Å². The lowest BCUT2D eigenvalue weighted by Crippen LogP contribution is -2.41. The lowest BCUT2D eigenvalue weighted by Gasteiger charge is -2.30. The number of aryl methyl sites for hydroxylation is 1. The second kappa shape index (κ2) is 10.4. The molecule has 37 heavy (non-hydrogen) atoms. The zero-order valence-corrected chi connectivity index (χ0v) is 21.3. The van der Waals surface area contributed by atoms with E-state index in [1.807, 2.05) is 66.0 Å². The van der Waals surface area contributed by atoms with E-state index in [-0.39, 0.29) is 17.8 Å². The van der Waals surface area contributed by atoms with Crippen LogP contribution in [0.15, 0.2) is 60.7 Å². The summed E-state index contributed by atoms with van der Waals surface area (Å²) in [5.74, 6) is 0.239. The second-order valence-electron chi connectivity index (χ2n) is 9.14. The summed E-state index contributed by atoms with van der Waals surface area (Å²) in [6.45, 7) is 5.09. The Morgan fingerprint density at radius 3 is 2.35 bits per heavy atom. The molecule has 0 spiro atoms. The summed E-state index contributed by atoms with van der Waals surface area (Å²) < 4.78 is 12.3. The highest BCUT2D eigenvalue weighted by molar-refractivity contribution is 5.95. The minimum absolute atomic E-state index is 0.155. The third kappa shape index (κ3) is 4.79. The number of carbonyl (C=O) groups excluding carboxylic acids is 2. The number of benzene rings is 2. The van der Waals surface area contributed by atoms with Crippen molar-refractivity contribution < 1.29 is 19.1 Å². The number of amides is 1. The fraction of sp³-hybridized carbons (Fsp3) is 0.310. The molecule has 0 aliphatic carbocycles. The van der Waals surface area contributed by atoms with Crippen LogP contribution in [0.2, 0.25) is 0 Å². The average Bonchev–Trinajstić information content (AvgIpc) is 3.28. The Balaban J connectivity index is 1.57. The van der Waals surface area contributed by atoms with E-state index in [1.54, 1.807) is 25.0 Å². The summed E-state index contributed by atoms with van der Waals surface area (Å²) in [5.41, 5.74) is 5.35. The zero-order valence-electron chi connectivity index (χ0n) is 21.3. The van der Waals surface area contributed by atoms with Gasteiger partial charge >= 0.3 is 5.97 Å². The first-order valence-corrected chi connectivity index (χ1v) is 12.6. The SMILES string of the molecule is CCOC(=O)C1CCN(C(=O)c2cc(-c3ccc(OC)cc3)n3nc(C)c(-c4ccccc4)c3n2)CC1. The van der Waals surface area contributed by atoms with Crippen LogP contribution in [-0.2, 0) is 9.53 Å². The number of piperidine rings is 1. The van der Waals surface area contributed by atoms with Gasteiger partial charge in [-0.3, -0.25) is 9.59 Å². The minimum Gasteiger partial charge on any atom is -0.497 e. The number of likely N-dealkylation sites (tertiary alicyclic amines) is 1. The van der Waals surface area contributed by atoms with Gasteiger partial charge in [0.2, 0.25) is 0 Å². The molecule has 2 aromatic heterocycles. The van der Waals surface area contributed by atoms with E-state index in [1.165, 1.54) is 0 Å². The molecular formula is C29H30N4O4. The fourth-order valence-corrected chi connectivity index (χ4v) is 4.88. The monoisotopic (exact) mass is 498 g/mol. The van der Waals surface area contributed by atoms with Crippen LogP contribution in [0.3, 0.4) is 0 Å². The molecule has 2 aromatic carbocycles. The Labute approximate surface area is 215 Å². The third-order valence-corrected chi connectivity index (χ3v) is 6.83. The number of hydrogen-bond acceptors (Lipinski definition) is 6. The molecule has 8 heteroatoms. The number of carbonyl (C=O) groups is 2. The molecule has 0 unspecified atom stereocenters. The van der Waals surface area contributed by atoms with Crippen LogP contribution < -0.4 is 4.74 Å². The standard InChI is InChI=1S/C29H30N4O4/c1-4-37-29(35)22-14-16-32(17-15-22)28(34)24-18-25(20-10-12-23(36-3)13-11-20)33-27(30-24)26(19(2)31-33)21-8-6-5-7-9-21/h5-13,18,22H,4,14-17H2,1-3H3. The Bertz CT molecular complexity index is 1420. The molecule has 1 amide bonds. The van der Waals surface area contributed by atoms with Crippen LogP contribution >= 0.6 is 0 Å². The Hall–Kier alpha value is -4.20. The fourth-order valence-electron chi connectivity index (χ4n) is 4.88. The number of rotatable bonds is 6. The van der Waals surface area contributed by atoms with Gasteiger partial charge in [0.05, 0.1) is 31.0 Å². The van der Waals surface area contributed by atoms with Gasteiger partial charge < -0.3 is 14.4 Å². The second-order valence-corrected chi connectivity index (χ2v) is 9.14. The Kier molecular flexibility index (Phi) is 6.90. The molecule has 0 radical (unpaired) electrons. The number of ether oxygens (including phenoxy) is 2. The smallest absolute Gasteiger partial charge is 0.309 e. The third-order valence-electron chi connectivity index (χ3n) is 6.83. The maximum Gasteiger partial charge on any atom is 0.309 e. The summed E-state index contributed by atoms with van der Waals surface area (Å²) in [6, 6.07) is 19.4. The van der Waals surface area contributed by atoms with Crippen molar-refractivity contribution in [2.24, 2.45) is 5.92 Å². The molecule has 3 heterocycles. The molecule has 1 fully saturated rings. The van der Waals surface area contributed by atoms with E-state index in [4.69, 9.17) is 19.6 Å². The largest absolute Gasteiger partial charge is 0.497 e. The summed E-state index contributed by atoms with van der Waals surface area (Å²) in [4.78, 5) is 32.5. The number of aromatic nitrogens is 3. The molecule has 8 nitrogen and oxygen atoms in total. The highest BCUT2D eigenvalue weighted by Crippen LogP contribution is 2.32. The number of nitrogens with zero attached hydrogens (tertiary/aromatic N) is 4. The first kappa shape index (κ1) is 24.5. The van der Waals surface area contributed by atoms with Crippen LogP contribution in [0.5, 0.6) is 5.75 Å². The molecule has 0 bridgehead atoms. The van der Waals surface area contributed by atoms with Gasteiger partial charge in [0.25, 0.3) is 5.91 Å². The molecule has 5 rings (SSSR count). The maximum absolute atomic E-state index is 13.7. The van der Waals surface area contributed by atoms with Crippen molar-refractivity contribution in [3.05, 3.63) is 72.1 Å². The molecule has 0 atom stereocenters. The summed E-state index contributed by atoms with van der Waals surface area (Å²) in [7, 11) is 1.63. The van der Waals surface area contributed by atoms with Crippen LogP contribution in [0.25, 0.3) is 28.0 Å². The minimum atomic E-state index is -0.182. The number of fused-ring (bicyclic) bond motifs is 1. The van der Waals surface area contributed by atoms with Gasteiger partial charge in [-0.05, 0) is 62.6 Å². The van der Waals surface area contributed by atoms with Crippen molar-refractivity contribution >= 4 is 17.5 Å². The molecule has 0 saturated carbocycles. The molecule has 4 aromatic rings. The van der Waals surface area contributed by atoms with Crippen LogP contribution in [0.4, 0.5) is 0 Å². The molecule has 1 aliphatic heterocycles. The predicted molar refractivity (Wildman–Crippen MR) is 140 cm³/mol. The quantitative estimate of drug-likeness (QED) is 0.355. The van der Waals surface area contributed by atoms with Crippen molar-refractivity contribution in [2.75, 3.05) is 26.8 Å². The highest BCUT2D eigenvalue weighted by Gasteiger charge is 2.30. The van der Waals surface area contributed by atoms with Gasteiger partial charge in [0.1, 0.15) is 11.4 Å². The van der Waals surface area contributed by atoms with E-state index in [9.17, 15) is 9.59 Å². The zero-order chi connectivity index (χ0) is 25.9. The van der Waals surface area contributed by atoms with Crippen molar-refractivity contribution in [1.82, 2.24) is 19.5 Å². The van der Waals surface area contributed by atoms with Crippen molar-refractivity contribution in [3.63, 3.8) is 0 Å². The number of hydrogen-bond donors (Lipinski definition) is 0. The normalized spacial score (nSPS) is 14.1. The van der Waals surface area contributed by atoms with Gasteiger partial charge in [-0.2, -0.15) is 5.10 Å². The first-order valence-electron chi connectivity index (χ1n) is 12.6. The molecule has 1 saturated heterocycles.